The van der Waals surface area contributed by atoms with Gasteiger partial charge in [0.2, 0.25) is 0 Å². The Morgan fingerprint density at radius 2 is 2.00 bits per heavy atom. The average molecular weight is 527 g/mol. The minimum Gasteiger partial charge on any atom is -0.386 e. The van der Waals surface area contributed by atoms with Crippen molar-refractivity contribution in [1.29, 1.82) is 0 Å². The summed E-state index contributed by atoms with van der Waals surface area (Å²) in [5.74, 6) is 4.59. The molecular formula is C33H47ClOS. The number of aliphatic hydroxyl groups is 1. The standard InChI is InChI=1S/C33H47ClOS/c1-21-17-22(2)24(4)26(18-21)11-10-25-9-8-16-33(7)28(13-14-29(25)33)23(3)20-36-31-15-12-27(19-30(31)34)32(5,6)35/h10-12,15,19,21-23,28-29,35H,4,8-9,13-14,16-18,20H2,1-3,5-7H3/b25-10+,26-11-/t21-,22-,23-,28?,29?,33+/m0/s1. The van der Waals surface area contributed by atoms with Gasteiger partial charge in [-0.3, -0.25) is 0 Å². The molecule has 1 aromatic rings. The summed E-state index contributed by atoms with van der Waals surface area (Å²) in [6.07, 6.45) is 14.0. The molecule has 3 saturated carbocycles. The highest BCUT2D eigenvalue weighted by Gasteiger charge is 2.50. The molecule has 4 rings (SSSR count). The molecule has 0 bridgehead atoms. The molecule has 0 saturated heterocycles. The molecule has 0 aromatic heterocycles. The van der Waals surface area contributed by atoms with Crippen molar-refractivity contribution < 1.29 is 5.11 Å². The molecule has 0 heterocycles. The lowest BCUT2D eigenvalue weighted by molar-refractivity contribution is 0.0785. The van der Waals surface area contributed by atoms with Gasteiger partial charge in [0.1, 0.15) is 0 Å². The Morgan fingerprint density at radius 3 is 2.69 bits per heavy atom. The van der Waals surface area contributed by atoms with Gasteiger partial charge < -0.3 is 5.11 Å². The van der Waals surface area contributed by atoms with Gasteiger partial charge >= 0.3 is 0 Å². The highest BCUT2D eigenvalue weighted by molar-refractivity contribution is 7.99. The zero-order chi connectivity index (χ0) is 26.3. The van der Waals surface area contributed by atoms with E-state index in [1.807, 2.05) is 23.9 Å². The number of benzene rings is 1. The van der Waals surface area contributed by atoms with Gasteiger partial charge in [-0.25, -0.2) is 0 Å². The summed E-state index contributed by atoms with van der Waals surface area (Å²) in [6, 6.07) is 6.03. The number of fused-ring (bicyclic) bond motifs is 1. The lowest BCUT2D eigenvalue weighted by Crippen LogP contribution is -2.36. The van der Waals surface area contributed by atoms with Gasteiger partial charge in [0.05, 0.1) is 10.6 Å². The topological polar surface area (TPSA) is 20.2 Å². The smallest absolute Gasteiger partial charge is 0.0841 e. The maximum atomic E-state index is 10.3. The van der Waals surface area contributed by atoms with Crippen LogP contribution in [0.3, 0.4) is 0 Å². The summed E-state index contributed by atoms with van der Waals surface area (Å²) in [7, 11) is 0. The Labute approximate surface area is 229 Å². The Kier molecular flexibility index (Phi) is 8.60. The van der Waals surface area contributed by atoms with Crippen LogP contribution in [0.2, 0.25) is 5.02 Å². The van der Waals surface area contributed by atoms with Crippen molar-refractivity contribution in [1.82, 2.24) is 0 Å². The fourth-order valence-electron chi connectivity index (χ4n) is 7.58. The normalized spacial score (nSPS) is 34.3. The number of allylic oxidation sites excluding steroid dienone is 5. The van der Waals surface area contributed by atoms with Crippen LogP contribution in [0, 0.1) is 35.0 Å². The molecule has 36 heavy (non-hydrogen) atoms. The van der Waals surface area contributed by atoms with E-state index in [1.54, 1.807) is 19.4 Å². The minimum absolute atomic E-state index is 0.404. The van der Waals surface area contributed by atoms with Crippen molar-refractivity contribution in [2.45, 2.75) is 97.0 Å². The van der Waals surface area contributed by atoms with Gasteiger partial charge in [-0.15, -0.1) is 11.8 Å². The number of hydrogen-bond acceptors (Lipinski definition) is 2. The largest absolute Gasteiger partial charge is 0.386 e. The summed E-state index contributed by atoms with van der Waals surface area (Å²) in [5, 5.41) is 11.1. The van der Waals surface area contributed by atoms with Crippen molar-refractivity contribution >= 4 is 23.4 Å². The second-order valence-corrected chi connectivity index (χ2v) is 14.5. The molecule has 3 fully saturated rings. The Bertz CT molecular complexity index is 1030. The Balaban J connectivity index is 1.44. The van der Waals surface area contributed by atoms with Crippen LogP contribution in [0.5, 0.6) is 0 Å². The second kappa shape index (κ2) is 11.0. The third-order valence-corrected chi connectivity index (χ3v) is 11.5. The molecule has 2 unspecified atom stereocenters. The van der Waals surface area contributed by atoms with E-state index in [0.717, 1.165) is 39.0 Å². The quantitative estimate of drug-likeness (QED) is 0.372. The predicted molar refractivity (Wildman–Crippen MR) is 158 cm³/mol. The highest BCUT2D eigenvalue weighted by atomic mass is 35.5. The van der Waals surface area contributed by atoms with Crippen LogP contribution in [-0.2, 0) is 5.60 Å². The predicted octanol–water partition coefficient (Wildman–Crippen LogP) is 9.99. The van der Waals surface area contributed by atoms with Gasteiger partial charge in [0.25, 0.3) is 0 Å². The van der Waals surface area contributed by atoms with Crippen LogP contribution < -0.4 is 0 Å². The summed E-state index contributed by atoms with van der Waals surface area (Å²) in [6.45, 7) is 17.8. The molecule has 0 aliphatic heterocycles. The number of hydrogen-bond donors (Lipinski definition) is 1. The summed E-state index contributed by atoms with van der Waals surface area (Å²) in [4.78, 5) is 1.13. The van der Waals surface area contributed by atoms with E-state index in [1.165, 1.54) is 56.1 Å². The molecule has 1 aromatic carbocycles. The maximum Gasteiger partial charge on any atom is 0.0841 e. The van der Waals surface area contributed by atoms with Crippen LogP contribution in [0.15, 0.2) is 58.5 Å². The summed E-state index contributed by atoms with van der Waals surface area (Å²) >= 11 is 8.49. The second-order valence-electron chi connectivity index (χ2n) is 13.0. The Morgan fingerprint density at radius 1 is 1.25 bits per heavy atom. The molecule has 1 nitrogen and oxygen atoms in total. The van der Waals surface area contributed by atoms with Crippen molar-refractivity contribution in [3.63, 3.8) is 0 Å². The monoisotopic (exact) mass is 526 g/mol. The van der Waals surface area contributed by atoms with E-state index in [4.69, 9.17) is 11.6 Å². The minimum atomic E-state index is -0.865. The third-order valence-electron chi connectivity index (χ3n) is 9.70. The van der Waals surface area contributed by atoms with E-state index in [9.17, 15) is 5.11 Å². The lowest BCUT2D eigenvalue weighted by Gasteiger charge is -2.44. The van der Waals surface area contributed by atoms with Gasteiger partial charge in [-0.1, -0.05) is 69.7 Å². The molecule has 3 aliphatic carbocycles. The van der Waals surface area contributed by atoms with E-state index in [2.05, 4.69) is 52.5 Å². The Hall–Kier alpha value is -0.960. The van der Waals surface area contributed by atoms with E-state index in [0.29, 0.717) is 17.3 Å². The number of thioether (sulfide) groups is 1. The van der Waals surface area contributed by atoms with Gasteiger partial charge in [-0.05, 0) is 123 Å². The molecule has 0 amide bonds. The first-order valence-electron chi connectivity index (χ1n) is 14.1. The van der Waals surface area contributed by atoms with Crippen LogP contribution >= 0.6 is 23.4 Å². The van der Waals surface area contributed by atoms with Gasteiger partial charge in [-0.2, -0.15) is 0 Å². The van der Waals surface area contributed by atoms with Crippen molar-refractivity contribution in [3.05, 3.63) is 64.2 Å². The van der Waals surface area contributed by atoms with Crippen molar-refractivity contribution in [2.24, 2.45) is 35.0 Å². The van der Waals surface area contributed by atoms with Crippen LogP contribution in [0.4, 0.5) is 0 Å². The molecule has 6 atom stereocenters. The molecular weight excluding hydrogens is 480 g/mol. The maximum absolute atomic E-state index is 10.3. The number of rotatable bonds is 6. The van der Waals surface area contributed by atoms with E-state index < -0.39 is 5.60 Å². The van der Waals surface area contributed by atoms with Gasteiger partial charge in [0.15, 0.2) is 0 Å². The first-order valence-corrected chi connectivity index (χ1v) is 15.5. The molecule has 0 radical (unpaired) electrons. The van der Waals surface area contributed by atoms with E-state index >= 15 is 0 Å². The van der Waals surface area contributed by atoms with Crippen LogP contribution in [0.25, 0.3) is 0 Å². The molecule has 1 N–H and O–H groups in total. The highest BCUT2D eigenvalue weighted by Crippen LogP contribution is 2.60. The first-order chi connectivity index (χ1) is 16.9. The van der Waals surface area contributed by atoms with Crippen LogP contribution in [-0.4, -0.2) is 10.9 Å². The molecule has 3 heteroatoms. The van der Waals surface area contributed by atoms with Crippen LogP contribution in [0.1, 0.15) is 92.1 Å². The zero-order valence-corrected chi connectivity index (χ0v) is 24.9. The van der Waals surface area contributed by atoms with Gasteiger partial charge in [0, 0.05) is 10.6 Å². The lowest BCUT2D eigenvalue weighted by atomic mass is 9.61. The zero-order valence-electron chi connectivity index (χ0n) is 23.4. The van der Waals surface area contributed by atoms with Crippen molar-refractivity contribution in [2.75, 3.05) is 5.75 Å². The average Bonchev–Trinajstić information content (AvgIpc) is 3.16. The SMILES string of the molecule is C=C1/C(=C\C=C2/CCC[C@@]3(C)C2CCC3[C@@H](C)CSc2ccc(C(C)(C)O)cc2Cl)C[C@@H](C)C[C@@H]1C. The third kappa shape index (κ3) is 5.87. The fourth-order valence-corrected chi connectivity index (χ4v) is 8.96. The summed E-state index contributed by atoms with van der Waals surface area (Å²) < 4.78 is 0. The summed E-state index contributed by atoms with van der Waals surface area (Å²) in [5.41, 5.74) is 4.97. The molecule has 0 spiro atoms. The number of halogens is 1. The molecule has 3 aliphatic rings. The van der Waals surface area contributed by atoms with E-state index in [-0.39, 0.29) is 0 Å². The molecule has 198 valence electrons. The fraction of sp³-hybridized carbons (Fsp3) is 0.636. The van der Waals surface area contributed by atoms with Crippen molar-refractivity contribution in [3.8, 4) is 0 Å². The first kappa shape index (κ1) is 28.1.